The molecule has 1 saturated heterocycles. The molecule has 0 aliphatic carbocycles. The quantitative estimate of drug-likeness (QED) is 0.290. The first-order chi connectivity index (χ1) is 22.1. The number of halogens is 9. The van der Waals surface area contributed by atoms with E-state index in [1.165, 1.54) is 22.6 Å². The number of carbonyl (C=O) groups is 3. The number of imidazole rings is 1. The van der Waals surface area contributed by atoms with E-state index in [0.717, 1.165) is 45.6 Å². The van der Waals surface area contributed by atoms with Gasteiger partial charge in [-0.15, -0.1) is 0 Å². The number of hydrogen-bond donors (Lipinski definition) is 4. The van der Waals surface area contributed by atoms with Crippen LogP contribution in [0.25, 0.3) is 11.3 Å². The molecular weight excluding hydrogens is 675 g/mol. The number of alkyl halides is 9. The van der Waals surface area contributed by atoms with Crippen LogP contribution in [0.1, 0.15) is 24.2 Å². The predicted molar refractivity (Wildman–Crippen MR) is 146 cm³/mol. The molecule has 266 valence electrons. The van der Waals surface area contributed by atoms with Crippen LogP contribution in [0.15, 0.2) is 48.9 Å². The molecule has 5 rings (SSSR count). The number of piperidine rings is 1. The smallest absolute Gasteiger partial charge is 0.475 e. The first-order valence-electron chi connectivity index (χ1n) is 13.5. The van der Waals surface area contributed by atoms with E-state index in [2.05, 4.69) is 62.6 Å². The fraction of sp³-hybridized carbons (Fsp3) is 0.444. The number of hydrogen-bond acceptors (Lipinski definition) is 7. The summed E-state index contributed by atoms with van der Waals surface area (Å²) < 4.78 is 99.5. The van der Waals surface area contributed by atoms with Crippen LogP contribution in [0.4, 0.5) is 39.5 Å². The SMILES string of the molecule is Cn1cc(CN2CCC3(CC2)NCCn2c(-c4ccccc4)cnc23)cn1.O=C(O)C(F)(F)F.O=C(O)C(F)(F)F.O=C(O)C(F)(F)F. The Balaban J connectivity index is 0.000000313. The van der Waals surface area contributed by atoms with Crippen molar-refractivity contribution in [2.24, 2.45) is 7.05 Å². The number of aliphatic carboxylic acids is 3. The van der Waals surface area contributed by atoms with E-state index >= 15 is 0 Å². The highest BCUT2D eigenvalue weighted by Gasteiger charge is 2.42. The summed E-state index contributed by atoms with van der Waals surface area (Å²) >= 11 is 0. The Kier molecular flexibility index (Phi) is 13.1. The lowest BCUT2D eigenvalue weighted by molar-refractivity contribution is -0.193. The maximum absolute atomic E-state index is 10.6. The van der Waals surface area contributed by atoms with E-state index in [9.17, 15) is 39.5 Å². The molecule has 1 fully saturated rings. The van der Waals surface area contributed by atoms with Crippen molar-refractivity contribution in [3.8, 4) is 11.3 Å². The van der Waals surface area contributed by atoms with Crippen LogP contribution in [0.3, 0.4) is 0 Å². The third-order valence-electron chi connectivity index (χ3n) is 6.75. The average molecular weight is 705 g/mol. The third-order valence-corrected chi connectivity index (χ3v) is 6.75. The molecular formula is C27H29F9N6O6. The zero-order valence-electron chi connectivity index (χ0n) is 24.8. The number of nitrogens with zero attached hydrogens (tertiary/aromatic N) is 5. The molecule has 2 aliphatic rings. The number of carboxylic acids is 3. The van der Waals surface area contributed by atoms with Gasteiger partial charge in [-0.05, 0) is 18.4 Å². The largest absolute Gasteiger partial charge is 0.490 e. The molecule has 1 aromatic carbocycles. The molecule has 12 nitrogen and oxygen atoms in total. The highest BCUT2D eigenvalue weighted by molar-refractivity contribution is 5.73. The highest BCUT2D eigenvalue weighted by atomic mass is 19.4. The Morgan fingerprint density at radius 2 is 1.29 bits per heavy atom. The van der Waals surface area contributed by atoms with Gasteiger partial charge in [0.2, 0.25) is 0 Å². The van der Waals surface area contributed by atoms with Gasteiger partial charge in [0.1, 0.15) is 5.82 Å². The van der Waals surface area contributed by atoms with E-state index < -0.39 is 36.4 Å². The molecule has 0 radical (unpaired) electrons. The number of aryl methyl sites for hydroxylation is 1. The maximum Gasteiger partial charge on any atom is 0.490 e. The lowest BCUT2D eigenvalue weighted by Gasteiger charge is -2.44. The first-order valence-corrected chi connectivity index (χ1v) is 13.5. The molecule has 3 aromatic rings. The van der Waals surface area contributed by atoms with Gasteiger partial charge in [-0.3, -0.25) is 9.58 Å². The number of nitrogens with one attached hydrogen (secondary N) is 1. The Hall–Kier alpha value is -4.66. The lowest BCUT2D eigenvalue weighted by atomic mass is 9.85. The van der Waals surface area contributed by atoms with Gasteiger partial charge in [-0.1, -0.05) is 30.3 Å². The molecule has 0 saturated carbocycles. The van der Waals surface area contributed by atoms with Crippen LogP contribution in [-0.4, -0.2) is 95.6 Å². The molecule has 0 bridgehead atoms. The van der Waals surface area contributed by atoms with Crippen molar-refractivity contribution in [3.63, 3.8) is 0 Å². The molecule has 4 heterocycles. The molecule has 0 amide bonds. The highest BCUT2D eigenvalue weighted by Crippen LogP contribution is 2.37. The second kappa shape index (κ2) is 16.0. The number of aromatic nitrogens is 4. The molecule has 48 heavy (non-hydrogen) atoms. The van der Waals surface area contributed by atoms with E-state index in [4.69, 9.17) is 34.7 Å². The molecule has 0 atom stereocenters. The van der Waals surface area contributed by atoms with Gasteiger partial charge in [0.05, 0.1) is 23.6 Å². The van der Waals surface area contributed by atoms with E-state index in [1.807, 2.05) is 17.9 Å². The summed E-state index contributed by atoms with van der Waals surface area (Å²) in [5.74, 6) is -7.05. The monoisotopic (exact) mass is 704 g/mol. The summed E-state index contributed by atoms with van der Waals surface area (Å²) in [5.41, 5.74) is 3.79. The van der Waals surface area contributed by atoms with Crippen LogP contribution < -0.4 is 5.32 Å². The molecule has 0 unspecified atom stereocenters. The normalized spacial score (nSPS) is 15.8. The Labute approximate surface area is 265 Å². The van der Waals surface area contributed by atoms with Crippen LogP contribution in [0, 0.1) is 0 Å². The average Bonchev–Trinajstić information content (AvgIpc) is 3.61. The van der Waals surface area contributed by atoms with E-state index in [1.54, 1.807) is 0 Å². The molecule has 2 aliphatic heterocycles. The van der Waals surface area contributed by atoms with Crippen LogP contribution in [0.2, 0.25) is 0 Å². The molecule has 2 aromatic heterocycles. The van der Waals surface area contributed by atoms with Crippen molar-refractivity contribution in [2.75, 3.05) is 19.6 Å². The number of rotatable bonds is 3. The molecule has 21 heteroatoms. The van der Waals surface area contributed by atoms with E-state index in [-0.39, 0.29) is 5.54 Å². The molecule has 4 N–H and O–H groups in total. The third kappa shape index (κ3) is 11.5. The summed E-state index contributed by atoms with van der Waals surface area (Å²) in [5, 5.41) is 29.5. The second-order valence-electron chi connectivity index (χ2n) is 10.2. The van der Waals surface area contributed by atoms with Crippen molar-refractivity contribution >= 4 is 17.9 Å². The second-order valence-corrected chi connectivity index (χ2v) is 10.2. The lowest BCUT2D eigenvalue weighted by Crippen LogP contribution is -2.55. The minimum absolute atomic E-state index is 0.0106. The van der Waals surface area contributed by atoms with Crippen LogP contribution in [-0.2, 0) is 40.1 Å². The van der Waals surface area contributed by atoms with Gasteiger partial charge >= 0.3 is 36.4 Å². The zero-order chi connectivity index (χ0) is 36.5. The predicted octanol–water partition coefficient (Wildman–Crippen LogP) is 4.28. The summed E-state index contributed by atoms with van der Waals surface area (Å²) in [6, 6.07) is 10.6. The molecule has 1 spiro atoms. The maximum atomic E-state index is 10.6. The van der Waals surface area contributed by atoms with Crippen LogP contribution >= 0.6 is 0 Å². The van der Waals surface area contributed by atoms with Crippen molar-refractivity contribution in [1.82, 2.24) is 29.5 Å². The van der Waals surface area contributed by atoms with Crippen molar-refractivity contribution in [3.05, 3.63) is 60.3 Å². The Bertz CT molecular complexity index is 1460. The summed E-state index contributed by atoms with van der Waals surface area (Å²) in [4.78, 5) is 34.1. The zero-order valence-corrected chi connectivity index (χ0v) is 24.8. The van der Waals surface area contributed by atoms with Crippen molar-refractivity contribution in [1.29, 1.82) is 0 Å². The Morgan fingerprint density at radius 3 is 1.71 bits per heavy atom. The summed E-state index contributed by atoms with van der Waals surface area (Å²) in [6.45, 7) is 5.13. The van der Waals surface area contributed by atoms with Gasteiger partial charge in [0.25, 0.3) is 0 Å². The Morgan fingerprint density at radius 1 is 0.812 bits per heavy atom. The van der Waals surface area contributed by atoms with Crippen molar-refractivity contribution < 1.29 is 69.2 Å². The van der Waals surface area contributed by atoms with Gasteiger partial charge in [0, 0.05) is 51.5 Å². The van der Waals surface area contributed by atoms with Crippen molar-refractivity contribution in [2.45, 2.75) is 50.0 Å². The minimum Gasteiger partial charge on any atom is -0.475 e. The number of likely N-dealkylation sites (tertiary alicyclic amines) is 1. The minimum atomic E-state index is -5.08. The first kappa shape index (κ1) is 39.5. The number of fused-ring (bicyclic) bond motifs is 2. The van der Waals surface area contributed by atoms with Gasteiger partial charge in [-0.2, -0.15) is 44.6 Å². The number of carboxylic acid groups (broad SMARTS) is 3. The standard InChI is InChI=1S/C21H26N6.3C2HF3O2/c1-25-15-17(13-24-25)16-26-10-7-21(8-11-26)20-22-14-19(27(20)12-9-23-21)18-5-3-2-4-6-18;3*3-2(4,5)1(6)7/h2-6,13-15,23H,7-12,16H2,1H3;3*(H,6,7). The van der Waals surface area contributed by atoms with Gasteiger partial charge < -0.3 is 25.2 Å². The fourth-order valence-electron chi connectivity index (χ4n) is 4.61. The summed E-state index contributed by atoms with van der Waals surface area (Å²) in [7, 11) is 1.98. The van der Waals surface area contributed by atoms with Gasteiger partial charge in [0.15, 0.2) is 0 Å². The fourth-order valence-corrected chi connectivity index (χ4v) is 4.61. The van der Waals surface area contributed by atoms with Gasteiger partial charge in [-0.25, -0.2) is 19.4 Å². The van der Waals surface area contributed by atoms with E-state index in [0.29, 0.717) is 0 Å². The van der Waals surface area contributed by atoms with Crippen LogP contribution in [0.5, 0.6) is 0 Å². The summed E-state index contributed by atoms with van der Waals surface area (Å²) in [6.07, 6.45) is -6.91. The topological polar surface area (TPSA) is 163 Å². The number of benzene rings is 1.